The Morgan fingerprint density at radius 2 is 1.90 bits per heavy atom. The zero-order valence-corrected chi connectivity index (χ0v) is 18.1. The highest BCUT2D eigenvalue weighted by Gasteiger charge is 2.34. The largest absolute Gasteiger partial charge is 0.493 e. The molecular weight excluding hydrogens is 435 g/mol. The minimum Gasteiger partial charge on any atom is -0.493 e. The van der Waals surface area contributed by atoms with Crippen LogP contribution in [0.25, 0.3) is 0 Å². The van der Waals surface area contributed by atoms with Gasteiger partial charge in [-0.25, -0.2) is 12.8 Å². The molecule has 30 heavy (non-hydrogen) atoms. The molecule has 0 unspecified atom stereocenters. The molecule has 0 saturated carbocycles. The van der Waals surface area contributed by atoms with E-state index in [2.05, 4.69) is 5.32 Å². The summed E-state index contributed by atoms with van der Waals surface area (Å²) in [6.07, 6.45) is 1.08. The average Bonchev–Trinajstić information content (AvgIpc) is 2.75. The molecule has 0 radical (unpaired) electrons. The third kappa shape index (κ3) is 4.69. The van der Waals surface area contributed by atoms with Crippen LogP contribution in [0.5, 0.6) is 11.5 Å². The van der Waals surface area contributed by atoms with Crippen molar-refractivity contribution in [3.8, 4) is 11.5 Å². The lowest BCUT2D eigenvalue weighted by Crippen LogP contribution is -2.43. The normalized spacial score (nSPS) is 17.4. The van der Waals surface area contributed by atoms with Crippen molar-refractivity contribution in [2.45, 2.75) is 17.7 Å². The number of carbonyl (C=O) groups is 1. The van der Waals surface area contributed by atoms with Crippen LogP contribution in [-0.4, -0.2) is 45.9 Å². The predicted octanol–water partition coefficient (Wildman–Crippen LogP) is 3.54. The van der Waals surface area contributed by atoms with Gasteiger partial charge in [-0.1, -0.05) is 11.6 Å². The molecule has 0 aromatic heterocycles. The summed E-state index contributed by atoms with van der Waals surface area (Å²) in [4.78, 5) is 12.7. The highest BCUT2D eigenvalue weighted by molar-refractivity contribution is 7.89. The first kappa shape index (κ1) is 22.3. The Labute approximate surface area is 179 Å². The molecule has 7 nitrogen and oxygen atoms in total. The Bertz CT molecular complexity index is 1050. The van der Waals surface area contributed by atoms with Gasteiger partial charge in [-0.2, -0.15) is 4.31 Å². The number of piperidine rings is 1. The van der Waals surface area contributed by atoms with Crippen molar-refractivity contribution in [1.29, 1.82) is 0 Å². The number of hydrogen-bond acceptors (Lipinski definition) is 5. The lowest BCUT2D eigenvalue weighted by atomic mass is 9.99. The molecule has 0 aliphatic carbocycles. The molecule has 2 aromatic rings. The van der Waals surface area contributed by atoms with Crippen molar-refractivity contribution in [1.82, 2.24) is 4.31 Å². The standard InChI is InChI=1S/C20H22ClFN2O5S/c1-28-18-8-6-15(11-19(18)29-2)30(26,27)24-9-3-4-13(12-24)20(25)23-14-5-7-17(22)16(21)10-14/h5-8,10-11,13H,3-4,9,12H2,1-2H3,(H,23,25)/t13-/m1/s1. The van der Waals surface area contributed by atoms with E-state index in [1.165, 1.54) is 48.9 Å². The van der Waals surface area contributed by atoms with Crippen LogP contribution in [0.3, 0.4) is 0 Å². The molecule has 1 amide bonds. The number of carbonyl (C=O) groups excluding carboxylic acids is 1. The van der Waals surface area contributed by atoms with Crippen LogP contribution < -0.4 is 14.8 Å². The Hall–Kier alpha value is -2.36. The maximum Gasteiger partial charge on any atom is 0.243 e. The summed E-state index contributed by atoms with van der Waals surface area (Å²) in [6.45, 7) is 0.347. The van der Waals surface area contributed by atoms with E-state index in [0.717, 1.165) is 6.07 Å². The molecule has 1 N–H and O–H groups in total. The fraction of sp³-hybridized carbons (Fsp3) is 0.350. The number of nitrogens with zero attached hydrogens (tertiary/aromatic N) is 1. The molecule has 162 valence electrons. The fourth-order valence-corrected chi connectivity index (χ4v) is 5.04. The topological polar surface area (TPSA) is 84.9 Å². The lowest BCUT2D eigenvalue weighted by molar-refractivity contribution is -0.120. The van der Waals surface area contributed by atoms with Crippen LogP contribution in [0.2, 0.25) is 5.02 Å². The number of methoxy groups -OCH3 is 2. The summed E-state index contributed by atoms with van der Waals surface area (Å²) in [6, 6.07) is 8.25. The van der Waals surface area contributed by atoms with Crippen LogP contribution in [0, 0.1) is 11.7 Å². The SMILES string of the molecule is COc1ccc(S(=O)(=O)N2CCC[C@@H](C(=O)Nc3ccc(F)c(Cl)c3)C2)cc1OC. The Balaban J connectivity index is 1.76. The monoisotopic (exact) mass is 456 g/mol. The maximum absolute atomic E-state index is 13.3. The molecule has 10 heteroatoms. The van der Waals surface area contributed by atoms with Gasteiger partial charge in [0.25, 0.3) is 0 Å². The Morgan fingerprint density at radius 3 is 2.57 bits per heavy atom. The van der Waals surface area contributed by atoms with E-state index >= 15 is 0 Å². The van der Waals surface area contributed by atoms with E-state index in [9.17, 15) is 17.6 Å². The van der Waals surface area contributed by atoms with Gasteiger partial charge < -0.3 is 14.8 Å². The second-order valence-electron chi connectivity index (χ2n) is 6.84. The number of hydrogen-bond donors (Lipinski definition) is 1. The summed E-state index contributed by atoms with van der Waals surface area (Å²) >= 11 is 5.75. The Kier molecular flexibility index (Phi) is 6.84. The van der Waals surface area contributed by atoms with Gasteiger partial charge >= 0.3 is 0 Å². The van der Waals surface area contributed by atoms with Crippen molar-refractivity contribution in [3.05, 3.63) is 47.2 Å². The first-order valence-electron chi connectivity index (χ1n) is 9.24. The third-order valence-electron chi connectivity index (χ3n) is 4.93. The van der Waals surface area contributed by atoms with Crippen LogP contribution in [0.4, 0.5) is 10.1 Å². The van der Waals surface area contributed by atoms with Crippen LogP contribution in [0.15, 0.2) is 41.3 Å². The third-order valence-corrected chi connectivity index (χ3v) is 7.09. The van der Waals surface area contributed by atoms with Crippen molar-refractivity contribution in [2.24, 2.45) is 5.92 Å². The molecule has 1 aliphatic rings. The van der Waals surface area contributed by atoms with Gasteiger partial charge in [0.2, 0.25) is 15.9 Å². The smallest absolute Gasteiger partial charge is 0.243 e. The molecule has 1 saturated heterocycles. The Morgan fingerprint density at radius 1 is 1.17 bits per heavy atom. The van der Waals surface area contributed by atoms with Gasteiger partial charge in [0.1, 0.15) is 5.82 Å². The summed E-state index contributed by atoms with van der Waals surface area (Å²) in [7, 11) is -0.930. The first-order valence-corrected chi connectivity index (χ1v) is 11.1. The molecule has 0 bridgehead atoms. The van der Waals surface area contributed by atoms with Crippen molar-refractivity contribution < 1.29 is 27.1 Å². The number of benzene rings is 2. The summed E-state index contributed by atoms with van der Waals surface area (Å²) in [5.41, 5.74) is 0.353. The van der Waals surface area contributed by atoms with Gasteiger partial charge in [-0.3, -0.25) is 4.79 Å². The number of amides is 1. The number of anilines is 1. The van der Waals surface area contributed by atoms with Crippen LogP contribution in [-0.2, 0) is 14.8 Å². The van der Waals surface area contributed by atoms with Gasteiger partial charge in [0, 0.05) is 24.8 Å². The van der Waals surface area contributed by atoms with Crippen molar-refractivity contribution >= 4 is 33.2 Å². The van der Waals surface area contributed by atoms with E-state index in [-0.39, 0.29) is 22.4 Å². The average molecular weight is 457 g/mol. The molecule has 1 fully saturated rings. The van der Waals surface area contributed by atoms with Crippen LogP contribution >= 0.6 is 11.6 Å². The van der Waals surface area contributed by atoms with Crippen molar-refractivity contribution in [2.75, 3.05) is 32.6 Å². The number of rotatable bonds is 6. The second kappa shape index (κ2) is 9.20. The van der Waals surface area contributed by atoms with E-state index in [1.54, 1.807) is 0 Å². The molecule has 0 spiro atoms. The zero-order chi connectivity index (χ0) is 21.9. The summed E-state index contributed by atoms with van der Waals surface area (Å²) < 4.78 is 51.1. The van der Waals surface area contributed by atoms with E-state index in [0.29, 0.717) is 36.6 Å². The number of ether oxygens (including phenoxy) is 2. The number of sulfonamides is 1. The zero-order valence-electron chi connectivity index (χ0n) is 16.5. The molecule has 1 aliphatic heterocycles. The minimum atomic E-state index is -3.82. The van der Waals surface area contributed by atoms with Gasteiger partial charge in [0.05, 0.1) is 30.1 Å². The minimum absolute atomic E-state index is 0.0391. The fourth-order valence-electron chi connectivity index (χ4n) is 3.32. The van der Waals surface area contributed by atoms with Gasteiger partial charge in [-0.05, 0) is 43.2 Å². The highest BCUT2D eigenvalue weighted by atomic mass is 35.5. The quantitative estimate of drug-likeness (QED) is 0.718. The summed E-state index contributed by atoms with van der Waals surface area (Å²) in [5, 5.41) is 2.57. The molecule has 2 aromatic carbocycles. The van der Waals surface area contributed by atoms with E-state index in [1.807, 2.05) is 0 Å². The maximum atomic E-state index is 13.3. The molecule has 1 heterocycles. The molecular formula is C20H22ClFN2O5S. The van der Waals surface area contributed by atoms with E-state index in [4.69, 9.17) is 21.1 Å². The second-order valence-corrected chi connectivity index (χ2v) is 9.18. The number of halogens is 2. The van der Waals surface area contributed by atoms with Gasteiger partial charge in [-0.15, -0.1) is 0 Å². The van der Waals surface area contributed by atoms with E-state index < -0.39 is 21.8 Å². The lowest BCUT2D eigenvalue weighted by Gasteiger charge is -2.31. The molecule has 3 rings (SSSR count). The molecule has 1 atom stereocenters. The van der Waals surface area contributed by atoms with Crippen molar-refractivity contribution in [3.63, 3.8) is 0 Å². The first-order chi connectivity index (χ1) is 14.3. The van der Waals surface area contributed by atoms with Gasteiger partial charge in [0.15, 0.2) is 11.5 Å². The summed E-state index contributed by atoms with van der Waals surface area (Å²) in [5.74, 6) is -0.745. The van der Waals surface area contributed by atoms with Crippen LogP contribution in [0.1, 0.15) is 12.8 Å². The highest BCUT2D eigenvalue weighted by Crippen LogP contribution is 2.32. The predicted molar refractivity (Wildman–Crippen MR) is 111 cm³/mol. The number of nitrogens with one attached hydrogen (secondary N) is 1.